The van der Waals surface area contributed by atoms with Gasteiger partial charge in [0.25, 0.3) is 0 Å². The molecular weight excluding hydrogens is 234 g/mol. The number of nitrogens with zero attached hydrogens (tertiary/aromatic N) is 2. The van der Waals surface area contributed by atoms with Crippen LogP contribution in [-0.4, -0.2) is 9.78 Å². The summed E-state index contributed by atoms with van der Waals surface area (Å²) >= 11 is 0. The average Bonchev–Trinajstić information content (AvgIpc) is 2.89. The van der Waals surface area contributed by atoms with Crippen molar-refractivity contribution in [2.24, 2.45) is 0 Å². The fourth-order valence-electron chi connectivity index (χ4n) is 2.06. The predicted molar refractivity (Wildman–Crippen MR) is 78.1 cm³/mol. The molecule has 0 aliphatic heterocycles. The van der Waals surface area contributed by atoms with Crippen molar-refractivity contribution in [2.45, 2.75) is 6.92 Å². The number of benzene rings is 2. The van der Waals surface area contributed by atoms with Crippen LogP contribution in [0.3, 0.4) is 0 Å². The van der Waals surface area contributed by atoms with Crippen LogP contribution in [0.25, 0.3) is 16.8 Å². The Morgan fingerprint density at radius 3 is 2.53 bits per heavy atom. The van der Waals surface area contributed by atoms with Crippen LogP contribution in [0.1, 0.15) is 5.56 Å². The topological polar surface area (TPSA) is 43.8 Å². The third kappa shape index (κ3) is 2.36. The van der Waals surface area contributed by atoms with E-state index in [1.54, 1.807) is 0 Å². The van der Waals surface area contributed by atoms with Gasteiger partial charge in [0.2, 0.25) is 0 Å². The molecule has 0 fully saturated rings. The standard InChI is InChI=1S/C16H15N3/c1-12-3-2-4-13(9-12)14-10-18-19(11-14)16-7-5-15(17)6-8-16/h2-11H,17H2,1H3. The maximum atomic E-state index is 5.69. The Labute approximate surface area is 112 Å². The predicted octanol–water partition coefficient (Wildman–Crippen LogP) is 3.43. The van der Waals surface area contributed by atoms with E-state index in [1.807, 2.05) is 41.3 Å². The Morgan fingerprint density at radius 2 is 1.79 bits per heavy atom. The van der Waals surface area contributed by atoms with Crippen molar-refractivity contribution < 1.29 is 0 Å². The van der Waals surface area contributed by atoms with Gasteiger partial charge in [-0.05, 0) is 36.8 Å². The van der Waals surface area contributed by atoms with E-state index in [1.165, 1.54) is 11.1 Å². The molecule has 3 nitrogen and oxygen atoms in total. The highest BCUT2D eigenvalue weighted by atomic mass is 15.3. The molecule has 3 aromatic rings. The Balaban J connectivity index is 1.97. The van der Waals surface area contributed by atoms with E-state index in [2.05, 4.69) is 36.3 Å². The molecular formula is C16H15N3. The van der Waals surface area contributed by atoms with Gasteiger partial charge in [0.05, 0.1) is 11.9 Å². The minimum absolute atomic E-state index is 0.759. The number of aryl methyl sites for hydroxylation is 1. The Bertz CT molecular complexity index is 696. The van der Waals surface area contributed by atoms with Crippen LogP contribution in [0.5, 0.6) is 0 Å². The fourth-order valence-corrected chi connectivity index (χ4v) is 2.06. The normalized spacial score (nSPS) is 10.6. The first-order valence-electron chi connectivity index (χ1n) is 6.20. The third-order valence-corrected chi connectivity index (χ3v) is 3.09. The number of nitrogen functional groups attached to an aromatic ring is 1. The molecule has 0 bridgehead atoms. The van der Waals surface area contributed by atoms with Crippen molar-refractivity contribution in [1.29, 1.82) is 0 Å². The van der Waals surface area contributed by atoms with Gasteiger partial charge in [0.15, 0.2) is 0 Å². The monoisotopic (exact) mass is 249 g/mol. The van der Waals surface area contributed by atoms with Crippen LogP contribution in [-0.2, 0) is 0 Å². The van der Waals surface area contributed by atoms with Crippen LogP contribution < -0.4 is 5.73 Å². The number of nitrogens with two attached hydrogens (primary N) is 1. The highest BCUT2D eigenvalue weighted by Crippen LogP contribution is 2.21. The molecule has 2 aromatic carbocycles. The summed E-state index contributed by atoms with van der Waals surface area (Å²) in [6.07, 6.45) is 3.91. The molecule has 19 heavy (non-hydrogen) atoms. The number of rotatable bonds is 2. The van der Waals surface area contributed by atoms with Crippen LogP contribution in [0.15, 0.2) is 60.9 Å². The summed E-state index contributed by atoms with van der Waals surface area (Å²) in [5, 5.41) is 4.40. The number of hydrogen-bond acceptors (Lipinski definition) is 2. The van der Waals surface area contributed by atoms with E-state index in [9.17, 15) is 0 Å². The van der Waals surface area contributed by atoms with E-state index in [0.717, 1.165) is 16.9 Å². The molecule has 0 amide bonds. The van der Waals surface area contributed by atoms with Gasteiger partial charge in [-0.2, -0.15) is 5.10 Å². The van der Waals surface area contributed by atoms with Crippen LogP contribution >= 0.6 is 0 Å². The molecule has 0 atom stereocenters. The minimum atomic E-state index is 0.759. The van der Waals surface area contributed by atoms with Gasteiger partial charge in [0, 0.05) is 17.4 Å². The molecule has 3 heteroatoms. The van der Waals surface area contributed by atoms with Crippen molar-refractivity contribution >= 4 is 5.69 Å². The molecule has 0 aliphatic rings. The van der Waals surface area contributed by atoms with Gasteiger partial charge in [-0.3, -0.25) is 0 Å². The summed E-state index contributed by atoms with van der Waals surface area (Å²) in [4.78, 5) is 0. The highest BCUT2D eigenvalue weighted by Gasteiger charge is 2.03. The zero-order chi connectivity index (χ0) is 13.2. The molecule has 3 rings (SSSR count). The number of hydrogen-bond donors (Lipinski definition) is 1. The van der Waals surface area contributed by atoms with Crippen molar-refractivity contribution in [3.8, 4) is 16.8 Å². The molecule has 94 valence electrons. The SMILES string of the molecule is Cc1cccc(-c2cnn(-c3ccc(N)cc3)c2)c1. The molecule has 1 heterocycles. The van der Waals surface area contributed by atoms with Crippen molar-refractivity contribution in [2.75, 3.05) is 5.73 Å². The summed E-state index contributed by atoms with van der Waals surface area (Å²) in [5.74, 6) is 0. The summed E-state index contributed by atoms with van der Waals surface area (Å²) < 4.78 is 1.86. The second-order valence-corrected chi connectivity index (χ2v) is 4.63. The summed E-state index contributed by atoms with van der Waals surface area (Å²) in [6, 6.07) is 16.1. The highest BCUT2D eigenvalue weighted by molar-refractivity contribution is 5.63. The molecule has 0 spiro atoms. The van der Waals surface area contributed by atoms with Crippen LogP contribution in [0, 0.1) is 6.92 Å². The summed E-state index contributed by atoms with van der Waals surface area (Å²) in [6.45, 7) is 2.09. The lowest BCUT2D eigenvalue weighted by Crippen LogP contribution is -1.94. The quantitative estimate of drug-likeness (QED) is 0.707. The minimum Gasteiger partial charge on any atom is -0.399 e. The second-order valence-electron chi connectivity index (χ2n) is 4.63. The summed E-state index contributed by atoms with van der Waals surface area (Å²) in [7, 11) is 0. The summed E-state index contributed by atoms with van der Waals surface area (Å²) in [5.41, 5.74) is 11.0. The molecule has 0 unspecified atom stereocenters. The lowest BCUT2D eigenvalue weighted by Gasteiger charge is -2.01. The van der Waals surface area contributed by atoms with Gasteiger partial charge >= 0.3 is 0 Å². The Hall–Kier alpha value is -2.55. The van der Waals surface area contributed by atoms with E-state index >= 15 is 0 Å². The van der Waals surface area contributed by atoms with Gasteiger partial charge < -0.3 is 5.73 Å². The van der Waals surface area contributed by atoms with Crippen LogP contribution in [0.4, 0.5) is 5.69 Å². The van der Waals surface area contributed by atoms with E-state index in [0.29, 0.717) is 0 Å². The molecule has 2 N–H and O–H groups in total. The fraction of sp³-hybridized carbons (Fsp3) is 0.0625. The zero-order valence-electron chi connectivity index (χ0n) is 10.7. The second kappa shape index (κ2) is 4.61. The molecule has 0 saturated heterocycles. The first-order valence-corrected chi connectivity index (χ1v) is 6.20. The molecule has 0 radical (unpaired) electrons. The van der Waals surface area contributed by atoms with Gasteiger partial charge in [-0.25, -0.2) is 4.68 Å². The van der Waals surface area contributed by atoms with Gasteiger partial charge in [-0.15, -0.1) is 0 Å². The van der Waals surface area contributed by atoms with E-state index in [4.69, 9.17) is 5.73 Å². The van der Waals surface area contributed by atoms with Crippen LogP contribution in [0.2, 0.25) is 0 Å². The van der Waals surface area contributed by atoms with Crippen molar-refractivity contribution in [1.82, 2.24) is 9.78 Å². The lowest BCUT2D eigenvalue weighted by atomic mass is 10.1. The number of aromatic nitrogens is 2. The molecule has 0 aliphatic carbocycles. The Kier molecular flexibility index (Phi) is 2.80. The van der Waals surface area contributed by atoms with Gasteiger partial charge in [-0.1, -0.05) is 29.8 Å². The molecule has 1 aromatic heterocycles. The molecule has 0 saturated carbocycles. The smallest absolute Gasteiger partial charge is 0.0647 e. The van der Waals surface area contributed by atoms with Crippen molar-refractivity contribution in [3.05, 3.63) is 66.5 Å². The van der Waals surface area contributed by atoms with Gasteiger partial charge in [0.1, 0.15) is 0 Å². The third-order valence-electron chi connectivity index (χ3n) is 3.09. The first-order chi connectivity index (χ1) is 9.22. The Morgan fingerprint density at radius 1 is 1.00 bits per heavy atom. The zero-order valence-corrected chi connectivity index (χ0v) is 10.7. The largest absolute Gasteiger partial charge is 0.399 e. The maximum Gasteiger partial charge on any atom is 0.0647 e. The first kappa shape index (κ1) is 11.5. The van der Waals surface area contributed by atoms with E-state index < -0.39 is 0 Å². The van der Waals surface area contributed by atoms with Crippen molar-refractivity contribution in [3.63, 3.8) is 0 Å². The average molecular weight is 249 g/mol. The maximum absolute atomic E-state index is 5.69. The lowest BCUT2D eigenvalue weighted by molar-refractivity contribution is 0.881. The number of anilines is 1. The van der Waals surface area contributed by atoms with E-state index in [-0.39, 0.29) is 0 Å².